The number of halogens is 1. The van der Waals surface area contributed by atoms with Gasteiger partial charge >= 0.3 is 0 Å². The Morgan fingerprint density at radius 1 is 1.15 bits per heavy atom. The van der Waals surface area contributed by atoms with Crippen LogP contribution in [0.15, 0.2) is 30.4 Å². The maximum Gasteiger partial charge on any atom is 0.233 e. The second-order valence-corrected chi connectivity index (χ2v) is 8.38. The Hall–Kier alpha value is -2.34. The predicted molar refractivity (Wildman–Crippen MR) is 97.8 cm³/mol. The summed E-state index contributed by atoms with van der Waals surface area (Å²) in [6.07, 6.45) is 5.38. The maximum absolute atomic E-state index is 12.9. The number of likely N-dealkylation sites (tertiary alicyclic amines) is 1. The van der Waals surface area contributed by atoms with Crippen LogP contribution >= 0.6 is 11.6 Å². The fraction of sp³-hybridized carbons (Fsp3) is 0.450. The van der Waals surface area contributed by atoms with E-state index >= 15 is 0 Å². The second-order valence-electron chi connectivity index (χ2n) is 7.94. The number of hydrogen-bond acceptors (Lipinski definition) is 4. The van der Waals surface area contributed by atoms with Gasteiger partial charge in [0.1, 0.15) is 5.75 Å². The van der Waals surface area contributed by atoms with E-state index < -0.39 is 0 Å². The summed E-state index contributed by atoms with van der Waals surface area (Å²) in [6, 6.07) is 4.40. The van der Waals surface area contributed by atoms with E-state index in [-0.39, 0.29) is 65.8 Å². The minimum absolute atomic E-state index is 0.00535. The molecular weight excluding hydrogens is 368 g/mol. The van der Waals surface area contributed by atoms with Crippen LogP contribution in [-0.4, -0.2) is 34.3 Å². The van der Waals surface area contributed by atoms with Gasteiger partial charge in [-0.2, -0.15) is 0 Å². The number of nitrogens with one attached hydrogen (secondary N) is 1. The van der Waals surface area contributed by atoms with Gasteiger partial charge < -0.3 is 10.4 Å². The number of aromatic hydroxyl groups is 1. The first-order valence-electron chi connectivity index (χ1n) is 9.27. The molecular formula is C20H19ClN2O4. The number of anilines is 1. The molecule has 4 aliphatic carbocycles. The van der Waals surface area contributed by atoms with E-state index in [1.807, 2.05) is 0 Å². The van der Waals surface area contributed by atoms with Crippen LogP contribution in [-0.2, 0) is 14.4 Å². The number of phenolic OH excluding ortho intramolecular Hbond substituents is 1. The summed E-state index contributed by atoms with van der Waals surface area (Å²) in [4.78, 5) is 39.2. The first kappa shape index (κ1) is 16.8. The smallest absolute Gasteiger partial charge is 0.233 e. The van der Waals surface area contributed by atoms with Gasteiger partial charge in [0.25, 0.3) is 0 Å². The molecule has 0 radical (unpaired) electrons. The first-order valence-corrected chi connectivity index (χ1v) is 9.65. The first-order chi connectivity index (χ1) is 13.0. The zero-order chi connectivity index (χ0) is 18.9. The molecule has 0 unspecified atom stereocenters. The Balaban J connectivity index is 1.25. The molecule has 6 atom stereocenters. The number of rotatable bonds is 4. The van der Waals surface area contributed by atoms with Gasteiger partial charge in [-0.1, -0.05) is 23.8 Å². The fourth-order valence-electron chi connectivity index (χ4n) is 5.28. The number of hydrogen-bond donors (Lipinski definition) is 2. The summed E-state index contributed by atoms with van der Waals surface area (Å²) in [5, 5.41) is 12.8. The van der Waals surface area contributed by atoms with Crippen LogP contribution in [0.4, 0.5) is 5.69 Å². The molecule has 6 rings (SSSR count). The van der Waals surface area contributed by atoms with Crippen LogP contribution in [0.2, 0.25) is 5.02 Å². The molecule has 7 heteroatoms. The average molecular weight is 387 g/mol. The van der Waals surface area contributed by atoms with E-state index in [0.29, 0.717) is 16.9 Å². The van der Waals surface area contributed by atoms with Crippen LogP contribution < -0.4 is 5.32 Å². The number of phenols is 1. The predicted octanol–water partition coefficient (Wildman–Crippen LogP) is 2.43. The third-order valence-electron chi connectivity index (χ3n) is 6.55. The van der Waals surface area contributed by atoms with Crippen molar-refractivity contribution in [3.63, 3.8) is 0 Å². The summed E-state index contributed by atoms with van der Waals surface area (Å²) in [6.45, 7) is 0.0691. The molecule has 1 saturated heterocycles. The average Bonchev–Trinajstić information content (AvgIpc) is 3.41. The Morgan fingerprint density at radius 2 is 1.78 bits per heavy atom. The molecule has 3 amide bonds. The van der Waals surface area contributed by atoms with Crippen molar-refractivity contribution in [1.29, 1.82) is 0 Å². The maximum atomic E-state index is 12.9. The van der Waals surface area contributed by atoms with Crippen molar-refractivity contribution in [1.82, 2.24) is 4.90 Å². The topological polar surface area (TPSA) is 86.7 Å². The quantitative estimate of drug-likeness (QED) is 0.472. The summed E-state index contributed by atoms with van der Waals surface area (Å²) in [5.74, 6) is 0.276. The number of allylic oxidation sites excluding steroid dienone is 2. The molecule has 2 N–H and O–H groups in total. The monoisotopic (exact) mass is 386 g/mol. The van der Waals surface area contributed by atoms with Crippen molar-refractivity contribution in [3.05, 3.63) is 35.4 Å². The SMILES string of the molecule is O=C(CCN1C(=O)[C@@H]2[C@H]3C=C[C@@H]([C@@H]4C[C@H]34)[C@H]2C1=O)Nc1ccc(Cl)cc1O. The van der Waals surface area contributed by atoms with Crippen molar-refractivity contribution in [3.8, 4) is 5.75 Å². The lowest BCUT2D eigenvalue weighted by Gasteiger charge is -2.37. The Morgan fingerprint density at radius 3 is 2.37 bits per heavy atom. The normalized spacial score (nSPS) is 35.2. The van der Waals surface area contributed by atoms with E-state index in [1.54, 1.807) is 6.07 Å². The van der Waals surface area contributed by atoms with Crippen LogP contribution in [0.3, 0.4) is 0 Å². The van der Waals surface area contributed by atoms with E-state index in [1.165, 1.54) is 17.0 Å². The van der Waals surface area contributed by atoms with Crippen molar-refractivity contribution in [2.75, 3.05) is 11.9 Å². The third kappa shape index (κ3) is 2.50. The largest absolute Gasteiger partial charge is 0.506 e. The van der Waals surface area contributed by atoms with Gasteiger partial charge in [0.2, 0.25) is 17.7 Å². The van der Waals surface area contributed by atoms with Gasteiger partial charge in [-0.25, -0.2) is 0 Å². The van der Waals surface area contributed by atoms with Gasteiger partial charge in [-0.3, -0.25) is 19.3 Å². The number of carbonyl (C=O) groups excluding carboxylic acids is 3. The highest BCUT2D eigenvalue weighted by Crippen LogP contribution is 2.65. The van der Waals surface area contributed by atoms with Gasteiger partial charge in [0.05, 0.1) is 17.5 Å². The zero-order valence-electron chi connectivity index (χ0n) is 14.5. The highest BCUT2D eigenvalue weighted by molar-refractivity contribution is 6.30. The number of amides is 3. The van der Waals surface area contributed by atoms with E-state index in [0.717, 1.165) is 6.42 Å². The van der Waals surface area contributed by atoms with Gasteiger partial charge in [-0.05, 0) is 42.2 Å². The number of benzene rings is 1. The molecule has 140 valence electrons. The highest BCUT2D eigenvalue weighted by atomic mass is 35.5. The Kier molecular flexibility index (Phi) is 3.63. The Labute approximate surface area is 161 Å². The summed E-state index contributed by atoms with van der Waals surface area (Å²) in [5.41, 5.74) is 0.250. The highest BCUT2D eigenvalue weighted by Gasteiger charge is 2.66. The van der Waals surface area contributed by atoms with Crippen LogP contribution in [0.5, 0.6) is 5.75 Å². The number of carbonyl (C=O) groups is 3. The number of imide groups is 1. The van der Waals surface area contributed by atoms with Gasteiger partial charge in [0, 0.05) is 24.1 Å². The summed E-state index contributed by atoms with van der Waals surface area (Å²) in [7, 11) is 0. The van der Waals surface area contributed by atoms with E-state index in [2.05, 4.69) is 17.5 Å². The third-order valence-corrected chi connectivity index (χ3v) is 6.79. The molecule has 2 saturated carbocycles. The van der Waals surface area contributed by atoms with Crippen LogP contribution in [0, 0.1) is 35.5 Å². The molecule has 3 fully saturated rings. The molecule has 0 aromatic heterocycles. The van der Waals surface area contributed by atoms with Crippen molar-refractivity contribution in [2.24, 2.45) is 35.5 Å². The standard InChI is InChI=1S/C20H19ClN2O4/c21-9-1-4-14(15(24)7-9)22-16(25)5-6-23-19(26)17-10-2-3-11(13-8-12(10)13)18(17)20(23)27/h1-4,7,10-13,17-18,24H,5-6,8H2,(H,22,25)/t10-,11-,12-,13+,17+,18+/m0/s1. The van der Waals surface area contributed by atoms with Gasteiger partial charge in [-0.15, -0.1) is 0 Å². The molecule has 2 bridgehead atoms. The van der Waals surface area contributed by atoms with E-state index in [4.69, 9.17) is 11.6 Å². The molecule has 6 nitrogen and oxygen atoms in total. The molecule has 1 heterocycles. The lowest BCUT2D eigenvalue weighted by molar-refractivity contribution is -0.140. The van der Waals surface area contributed by atoms with E-state index in [9.17, 15) is 19.5 Å². The molecule has 5 aliphatic rings. The van der Waals surface area contributed by atoms with Gasteiger partial charge in [0.15, 0.2) is 0 Å². The molecule has 1 aliphatic heterocycles. The fourth-order valence-corrected chi connectivity index (χ4v) is 5.44. The lowest BCUT2D eigenvalue weighted by atomic mass is 9.63. The number of nitrogens with zero attached hydrogens (tertiary/aromatic N) is 1. The van der Waals surface area contributed by atoms with Crippen molar-refractivity contribution < 1.29 is 19.5 Å². The lowest BCUT2D eigenvalue weighted by Crippen LogP contribution is -2.40. The Bertz CT molecular complexity index is 862. The summed E-state index contributed by atoms with van der Waals surface area (Å²) < 4.78 is 0. The summed E-state index contributed by atoms with van der Waals surface area (Å²) >= 11 is 5.78. The molecule has 0 spiro atoms. The zero-order valence-corrected chi connectivity index (χ0v) is 15.2. The molecule has 27 heavy (non-hydrogen) atoms. The van der Waals surface area contributed by atoms with Crippen LogP contribution in [0.1, 0.15) is 12.8 Å². The minimum Gasteiger partial charge on any atom is -0.506 e. The van der Waals surface area contributed by atoms with Crippen molar-refractivity contribution in [2.45, 2.75) is 12.8 Å². The minimum atomic E-state index is -0.368. The molecule has 1 aromatic carbocycles. The van der Waals surface area contributed by atoms with Crippen molar-refractivity contribution >= 4 is 35.0 Å². The molecule has 1 aromatic rings. The second kappa shape index (κ2) is 5.83. The van der Waals surface area contributed by atoms with Crippen LogP contribution in [0.25, 0.3) is 0 Å².